The molecule has 4 nitrogen and oxygen atoms in total. The van der Waals surface area contributed by atoms with Crippen LogP contribution in [0, 0.1) is 0 Å². The van der Waals surface area contributed by atoms with Crippen molar-refractivity contribution < 1.29 is 9.84 Å². The zero-order valence-electron chi connectivity index (χ0n) is 11.3. The largest absolute Gasteiger partial charge is 0.390 e. The average molecular weight is 270 g/mol. The molecule has 3 heterocycles. The second-order valence-electron chi connectivity index (χ2n) is 5.68. The van der Waals surface area contributed by atoms with E-state index in [9.17, 15) is 5.11 Å². The standard InChI is InChI=1S/C16H18N2O2/c19-10-12-7-11-3-1-2-4-15(11)16(17-12)18-8-13-5-6-14(9-18)20-13/h1-4,7,13-14,19H,5-6,8-10H2. The fourth-order valence-electron chi connectivity index (χ4n) is 3.34. The van der Waals surface area contributed by atoms with Gasteiger partial charge in [0.25, 0.3) is 0 Å². The smallest absolute Gasteiger partial charge is 0.137 e. The van der Waals surface area contributed by atoms with Crippen LogP contribution in [-0.2, 0) is 11.3 Å². The van der Waals surface area contributed by atoms with E-state index < -0.39 is 0 Å². The maximum absolute atomic E-state index is 9.43. The minimum Gasteiger partial charge on any atom is -0.390 e. The summed E-state index contributed by atoms with van der Waals surface area (Å²) in [6.07, 6.45) is 2.98. The first kappa shape index (κ1) is 12.1. The number of ether oxygens (including phenoxy) is 1. The molecule has 2 unspecified atom stereocenters. The molecule has 0 amide bonds. The van der Waals surface area contributed by atoms with Gasteiger partial charge < -0.3 is 14.7 Å². The molecule has 0 spiro atoms. The molecule has 2 fully saturated rings. The normalized spacial score (nSPS) is 25.4. The summed E-state index contributed by atoms with van der Waals surface area (Å²) in [6, 6.07) is 10.2. The van der Waals surface area contributed by atoms with Crippen LogP contribution in [0.5, 0.6) is 0 Å². The number of benzene rings is 1. The van der Waals surface area contributed by atoms with Gasteiger partial charge in [0.1, 0.15) is 5.82 Å². The number of anilines is 1. The van der Waals surface area contributed by atoms with Crippen LogP contribution in [0.4, 0.5) is 5.82 Å². The van der Waals surface area contributed by atoms with E-state index in [1.807, 2.05) is 18.2 Å². The quantitative estimate of drug-likeness (QED) is 0.907. The van der Waals surface area contributed by atoms with Crippen LogP contribution in [0.3, 0.4) is 0 Å². The Labute approximate surface area is 118 Å². The highest BCUT2D eigenvalue weighted by molar-refractivity contribution is 5.92. The van der Waals surface area contributed by atoms with Crippen molar-refractivity contribution in [1.82, 2.24) is 4.98 Å². The molecule has 2 atom stereocenters. The molecule has 104 valence electrons. The Balaban J connectivity index is 1.81. The number of aliphatic hydroxyl groups is 1. The molecule has 2 aliphatic heterocycles. The molecule has 2 aromatic rings. The van der Waals surface area contributed by atoms with E-state index in [0.717, 1.165) is 48.2 Å². The molecule has 1 aromatic heterocycles. The first-order chi connectivity index (χ1) is 9.83. The van der Waals surface area contributed by atoms with E-state index >= 15 is 0 Å². The van der Waals surface area contributed by atoms with Crippen LogP contribution in [0.2, 0.25) is 0 Å². The van der Waals surface area contributed by atoms with E-state index in [1.165, 1.54) is 0 Å². The third-order valence-corrected chi connectivity index (χ3v) is 4.28. The average Bonchev–Trinajstić information content (AvgIpc) is 2.84. The number of pyridine rings is 1. The Morgan fingerprint density at radius 3 is 2.70 bits per heavy atom. The van der Waals surface area contributed by atoms with Gasteiger partial charge in [-0.25, -0.2) is 4.98 Å². The topological polar surface area (TPSA) is 45.6 Å². The lowest BCUT2D eigenvalue weighted by Crippen LogP contribution is -2.43. The number of nitrogens with zero attached hydrogens (tertiary/aromatic N) is 2. The number of morpholine rings is 1. The third-order valence-electron chi connectivity index (χ3n) is 4.28. The molecule has 2 saturated heterocycles. The highest BCUT2D eigenvalue weighted by Crippen LogP contribution is 2.32. The molecule has 2 aliphatic rings. The summed E-state index contributed by atoms with van der Waals surface area (Å²) in [5.74, 6) is 0.993. The van der Waals surface area contributed by atoms with Crippen molar-refractivity contribution >= 4 is 16.6 Å². The summed E-state index contributed by atoms with van der Waals surface area (Å²) in [5.41, 5.74) is 0.734. The summed E-state index contributed by atoms with van der Waals surface area (Å²) in [6.45, 7) is 1.79. The highest BCUT2D eigenvalue weighted by Gasteiger charge is 2.34. The van der Waals surface area contributed by atoms with Gasteiger partial charge in [0.05, 0.1) is 24.5 Å². The fraction of sp³-hybridized carbons (Fsp3) is 0.438. The van der Waals surface area contributed by atoms with E-state index in [1.54, 1.807) is 0 Å². The van der Waals surface area contributed by atoms with E-state index in [-0.39, 0.29) is 6.61 Å². The first-order valence-corrected chi connectivity index (χ1v) is 7.23. The molecule has 0 radical (unpaired) electrons. The molecule has 0 saturated carbocycles. The van der Waals surface area contributed by atoms with Gasteiger partial charge in [0, 0.05) is 18.5 Å². The minimum atomic E-state index is -0.0188. The Morgan fingerprint density at radius 1 is 1.20 bits per heavy atom. The summed E-state index contributed by atoms with van der Waals surface area (Å²) in [7, 11) is 0. The van der Waals surface area contributed by atoms with Gasteiger partial charge >= 0.3 is 0 Å². The zero-order chi connectivity index (χ0) is 13.5. The van der Waals surface area contributed by atoms with Crippen LogP contribution < -0.4 is 4.90 Å². The van der Waals surface area contributed by atoms with E-state index in [4.69, 9.17) is 4.74 Å². The van der Waals surface area contributed by atoms with Gasteiger partial charge in [0.15, 0.2) is 0 Å². The Morgan fingerprint density at radius 2 is 1.95 bits per heavy atom. The maximum Gasteiger partial charge on any atom is 0.137 e. The molecule has 1 N–H and O–H groups in total. The number of aromatic nitrogens is 1. The van der Waals surface area contributed by atoms with Crippen molar-refractivity contribution in [2.75, 3.05) is 18.0 Å². The van der Waals surface area contributed by atoms with Crippen molar-refractivity contribution in [1.29, 1.82) is 0 Å². The van der Waals surface area contributed by atoms with Gasteiger partial charge in [-0.15, -0.1) is 0 Å². The van der Waals surface area contributed by atoms with Crippen molar-refractivity contribution in [3.8, 4) is 0 Å². The molecule has 1 aromatic carbocycles. The van der Waals surface area contributed by atoms with Crippen LogP contribution in [0.15, 0.2) is 30.3 Å². The summed E-state index contributed by atoms with van der Waals surface area (Å²) < 4.78 is 5.90. The summed E-state index contributed by atoms with van der Waals surface area (Å²) >= 11 is 0. The Kier molecular flexibility index (Phi) is 2.86. The maximum atomic E-state index is 9.43. The lowest BCUT2D eigenvalue weighted by Gasteiger charge is -2.33. The predicted octanol–water partition coefficient (Wildman–Crippen LogP) is 2.09. The van der Waals surface area contributed by atoms with Gasteiger partial charge in [-0.05, 0) is 24.3 Å². The van der Waals surface area contributed by atoms with Crippen molar-refractivity contribution in [2.24, 2.45) is 0 Å². The SMILES string of the molecule is OCc1cc2ccccc2c(N2CC3CCC(C2)O3)n1. The van der Waals surface area contributed by atoms with Gasteiger partial charge in [-0.2, -0.15) is 0 Å². The first-order valence-electron chi connectivity index (χ1n) is 7.23. The fourth-order valence-corrected chi connectivity index (χ4v) is 3.34. The van der Waals surface area contributed by atoms with Crippen molar-refractivity contribution in [2.45, 2.75) is 31.7 Å². The van der Waals surface area contributed by atoms with Crippen molar-refractivity contribution in [3.63, 3.8) is 0 Å². The second-order valence-corrected chi connectivity index (χ2v) is 5.68. The Bertz CT molecular complexity index is 631. The summed E-state index contributed by atoms with van der Waals surface area (Å²) in [5, 5.41) is 11.7. The summed E-state index contributed by atoms with van der Waals surface area (Å²) in [4.78, 5) is 6.99. The Hall–Kier alpha value is -1.65. The molecule has 20 heavy (non-hydrogen) atoms. The van der Waals surface area contributed by atoms with Gasteiger partial charge in [-0.3, -0.25) is 0 Å². The molecular formula is C16H18N2O2. The predicted molar refractivity (Wildman–Crippen MR) is 77.8 cm³/mol. The number of aliphatic hydroxyl groups excluding tert-OH is 1. The minimum absolute atomic E-state index is 0.0188. The van der Waals surface area contributed by atoms with Gasteiger partial charge in [0.2, 0.25) is 0 Å². The molecule has 4 rings (SSSR count). The van der Waals surface area contributed by atoms with Crippen molar-refractivity contribution in [3.05, 3.63) is 36.0 Å². The van der Waals surface area contributed by atoms with E-state index in [2.05, 4.69) is 22.0 Å². The third kappa shape index (κ3) is 1.96. The monoisotopic (exact) mass is 270 g/mol. The lowest BCUT2D eigenvalue weighted by molar-refractivity contribution is 0.0303. The van der Waals surface area contributed by atoms with Gasteiger partial charge in [-0.1, -0.05) is 24.3 Å². The zero-order valence-corrected chi connectivity index (χ0v) is 11.3. The van der Waals surface area contributed by atoms with Crippen LogP contribution in [-0.4, -0.2) is 35.4 Å². The lowest BCUT2D eigenvalue weighted by atomic mass is 10.1. The highest BCUT2D eigenvalue weighted by atomic mass is 16.5. The molecule has 4 heteroatoms. The number of rotatable bonds is 2. The number of fused-ring (bicyclic) bond motifs is 3. The number of hydrogen-bond donors (Lipinski definition) is 1. The molecular weight excluding hydrogens is 252 g/mol. The van der Waals surface area contributed by atoms with Crippen LogP contribution >= 0.6 is 0 Å². The molecule has 2 bridgehead atoms. The van der Waals surface area contributed by atoms with Crippen LogP contribution in [0.25, 0.3) is 10.8 Å². The molecule has 0 aliphatic carbocycles. The second kappa shape index (κ2) is 4.72. The number of hydrogen-bond acceptors (Lipinski definition) is 4. The van der Waals surface area contributed by atoms with Crippen LogP contribution in [0.1, 0.15) is 18.5 Å². The van der Waals surface area contributed by atoms with E-state index in [0.29, 0.717) is 12.2 Å².